The predicted molar refractivity (Wildman–Crippen MR) is 80.1 cm³/mol. The number of β-amino-alcohol motifs (C(OH)–C–C–N with tert-alkyl or cyclic N) is 1. The van der Waals surface area contributed by atoms with Crippen molar-refractivity contribution in [3.8, 4) is 0 Å². The summed E-state index contributed by atoms with van der Waals surface area (Å²) >= 11 is 0. The number of halogens is 3. The highest BCUT2D eigenvalue weighted by molar-refractivity contribution is 5.96. The molecule has 1 aromatic rings. The van der Waals surface area contributed by atoms with E-state index >= 15 is 0 Å². The maximum absolute atomic E-state index is 13.0. The smallest absolute Gasteiger partial charge is 0.389 e. The van der Waals surface area contributed by atoms with E-state index in [-0.39, 0.29) is 5.56 Å². The number of carbonyl (C=O) groups is 1. The highest BCUT2D eigenvalue weighted by Crippen LogP contribution is 2.32. The Kier molecular flexibility index (Phi) is 5.01. The average Bonchev–Trinajstić information content (AvgIpc) is 2.45. The van der Waals surface area contributed by atoms with Crippen LogP contribution < -0.4 is 0 Å². The van der Waals surface area contributed by atoms with Crippen molar-refractivity contribution < 1.29 is 23.1 Å². The second-order valence-electron chi connectivity index (χ2n) is 6.42. The molecular weight excluding hydrogens is 309 g/mol. The van der Waals surface area contributed by atoms with Crippen LogP contribution in [-0.2, 0) is 6.18 Å². The number of nitrogens with zero attached hydrogens (tertiary/aromatic N) is 2. The largest absolute Gasteiger partial charge is 0.417 e. The van der Waals surface area contributed by atoms with Crippen molar-refractivity contribution in [2.45, 2.75) is 25.6 Å². The van der Waals surface area contributed by atoms with Crippen molar-refractivity contribution in [1.82, 2.24) is 9.80 Å². The van der Waals surface area contributed by atoms with Crippen molar-refractivity contribution in [2.24, 2.45) is 0 Å². The van der Waals surface area contributed by atoms with Gasteiger partial charge in [0.1, 0.15) is 0 Å². The molecule has 0 atom stereocenters. The molecule has 0 unspecified atom stereocenters. The van der Waals surface area contributed by atoms with Crippen LogP contribution in [0.3, 0.4) is 0 Å². The molecule has 128 valence electrons. The zero-order valence-electron chi connectivity index (χ0n) is 13.2. The van der Waals surface area contributed by atoms with E-state index in [9.17, 15) is 23.1 Å². The van der Waals surface area contributed by atoms with Crippen LogP contribution in [0.4, 0.5) is 13.2 Å². The lowest BCUT2D eigenvalue weighted by Gasteiger charge is -2.37. The molecule has 0 saturated carbocycles. The van der Waals surface area contributed by atoms with Gasteiger partial charge in [0.05, 0.1) is 16.7 Å². The third kappa shape index (κ3) is 4.68. The van der Waals surface area contributed by atoms with E-state index in [2.05, 4.69) is 0 Å². The Morgan fingerprint density at radius 3 is 2.22 bits per heavy atom. The Balaban J connectivity index is 2.07. The summed E-state index contributed by atoms with van der Waals surface area (Å²) in [4.78, 5) is 15.9. The summed E-state index contributed by atoms with van der Waals surface area (Å²) in [6.45, 7) is 5.62. The SMILES string of the molecule is CC(C)(O)CN1CCN(C(=O)c2ccccc2C(F)(F)F)CC1. The van der Waals surface area contributed by atoms with Crippen LogP contribution in [0, 0.1) is 0 Å². The number of benzene rings is 1. The standard InChI is InChI=1S/C16H21F3N2O2/c1-15(2,23)11-20-7-9-21(10-8-20)14(22)12-5-3-4-6-13(12)16(17,18)19/h3-6,23H,7-11H2,1-2H3. The fourth-order valence-electron chi connectivity index (χ4n) is 2.74. The highest BCUT2D eigenvalue weighted by atomic mass is 19.4. The number of alkyl halides is 3. The van der Waals surface area contributed by atoms with Gasteiger partial charge in [-0.05, 0) is 26.0 Å². The normalized spacial score (nSPS) is 17.4. The fourth-order valence-corrected chi connectivity index (χ4v) is 2.74. The molecule has 7 heteroatoms. The minimum atomic E-state index is -4.55. The van der Waals surface area contributed by atoms with Gasteiger partial charge in [-0.1, -0.05) is 12.1 Å². The van der Waals surface area contributed by atoms with Crippen molar-refractivity contribution >= 4 is 5.91 Å². The van der Waals surface area contributed by atoms with Crippen LogP contribution in [-0.4, -0.2) is 59.1 Å². The second kappa shape index (κ2) is 6.49. The quantitative estimate of drug-likeness (QED) is 0.924. The third-order valence-electron chi connectivity index (χ3n) is 3.73. The average molecular weight is 330 g/mol. The lowest BCUT2D eigenvalue weighted by atomic mass is 10.0. The van der Waals surface area contributed by atoms with Gasteiger partial charge in [-0.25, -0.2) is 0 Å². The summed E-state index contributed by atoms with van der Waals surface area (Å²) in [5.74, 6) is -0.596. The van der Waals surface area contributed by atoms with Gasteiger partial charge in [0.15, 0.2) is 0 Å². The second-order valence-corrected chi connectivity index (χ2v) is 6.42. The minimum Gasteiger partial charge on any atom is -0.389 e. The molecule has 23 heavy (non-hydrogen) atoms. The van der Waals surface area contributed by atoms with E-state index in [0.717, 1.165) is 6.07 Å². The maximum atomic E-state index is 13.0. The third-order valence-corrected chi connectivity index (χ3v) is 3.73. The zero-order chi connectivity index (χ0) is 17.3. The number of aliphatic hydroxyl groups is 1. The lowest BCUT2D eigenvalue weighted by Crippen LogP contribution is -2.52. The molecule has 0 spiro atoms. The number of carbonyl (C=O) groups excluding carboxylic acids is 1. The van der Waals surface area contributed by atoms with Crippen molar-refractivity contribution in [2.75, 3.05) is 32.7 Å². The van der Waals surface area contributed by atoms with Crippen LogP contribution in [0.2, 0.25) is 0 Å². The summed E-state index contributed by atoms with van der Waals surface area (Å²) in [6.07, 6.45) is -4.55. The first kappa shape index (κ1) is 17.7. The molecule has 1 aromatic carbocycles. The predicted octanol–water partition coefficient (Wildman–Crippen LogP) is 2.23. The molecular formula is C16H21F3N2O2. The van der Waals surface area contributed by atoms with Crippen LogP contribution in [0.15, 0.2) is 24.3 Å². The van der Waals surface area contributed by atoms with E-state index < -0.39 is 23.2 Å². The van der Waals surface area contributed by atoms with Crippen molar-refractivity contribution in [1.29, 1.82) is 0 Å². The van der Waals surface area contributed by atoms with Crippen LogP contribution >= 0.6 is 0 Å². The zero-order valence-corrected chi connectivity index (χ0v) is 13.2. The van der Waals surface area contributed by atoms with E-state index in [1.54, 1.807) is 13.8 Å². The van der Waals surface area contributed by atoms with Crippen LogP contribution in [0.25, 0.3) is 0 Å². The Morgan fingerprint density at radius 1 is 1.13 bits per heavy atom. The van der Waals surface area contributed by atoms with E-state index in [1.165, 1.54) is 23.1 Å². The van der Waals surface area contributed by atoms with E-state index in [1.807, 2.05) is 4.90 Å². The number of rotatable bonds is 3. The maximum Gasteiger partial charge on any atom is 0.417 e. The van der Waals surface area contributed by atoms with Gasteiger partial charge in [0.25, 0.3) is 5.91 Å². The number of hydrogen-bond acceptors (Lipinski definition) is 3. The molecule has 0 radical (unpaired) electrons. The Bertz CT molecular complexity index is 559. The van der Waals surface area contributed by atoms with Crippen molar-refractivity contribution in [3.05, 3.63) is 35.4 Å². The molecule has 0 aliphatic carbocycles. The van der Waals surface area contributed by atoms with Gasteiger partial charge in [0, 0.05) is 32.7 Å². The number of hydrogen-bond donors (Lipinski definition) is 1. The molecule has 1 saturated heterocycles. The molecule has 2 rings (SSSR count). The van der Waals surface area contributed by atoms with Gasteiger partial charge in [-0.2, -0.15) is 13.2 Å². The van der Waals surface area contributed by atoms with E-state index in [4.69, 9.17) is 0 Å². The molecule has 1 N–H and O–H groups in total. The first-order chi connectivity index (χ1) is 10.6. The van der Waals surface area contributed by atoms with Gasteiger partial charge in [0.2, 0.25) is 0 Å². The van der Waals surface area contributed by atoms with Gasteiger partial charge >= 0.3 is 6.18 Å². The molecule has 0 bridgehead atoms. The molecule has 1 heterocycles. The Morgan fingerprint density at radius 2 is 1.70 bits per heavy atom. The van der Waals surface area contributed by atoms with Gasteiger partial charge < -0.3 is 10.0 Å². The molecule has 4 nitrogen and oxygen atoms in total. The Labute approximate surface area is 133 Å². The van der Waals surface area contributed by atoms with E-state index in [0.29, 0.717) is 32.7 Å². The molecule has 0 aromatic heterocycles. The summed E-state index contributed by atoms with van der Waals surface area (Å²) in [7, 11) is 0. The highest BCUT2D eigenvalue weighted by Gasteiger charge is 2.36. The van der Waals surface area contributed by atoms with Gasteiger partial charge in [-0.3, -0.25) is 9.69 Å². The molecule has 1 amide bonds. The monoisotopic (exact) mass is 330 g/mol. The van der Waals surface area contributed by atoms with Crippen LogP contribution in [0.5, 0.6) is 0 Å². The molecule has 1 aliphatic rings. The Hall–Kier alpha value is -1.60. The summed E-state index contributed by atoms with van der Waals surface area (Å²) in [5, 5.41) is 9.80. The lowest BCUT2D eigenvalue weighted by molar-refractivity contribution is -0.138. The van der Waals surface area contributed by atoms with Gasteiger partial charge in [-0.15, -0.1) is 0 Å². The molecule has 1 fully saturated rings. The number of amides is 1. The summed E-state index contributed by atoms with van der Waals surface area (Å²) in [5.41, 5.74) is -2.05. The fraction of sp³-hybridized carbons (Fsp3) is 0.562. The summed E-state index contributed by atoms with van der Waals surface area (Å²) < 4.78 is 39.1. The molecule has 1 aliphatic heterocycles. The number of piperazine rings is 1. The minimum absolute atomic E-state index is 0.309. The van der Waals surface area contributed by atoms with Crippen LogP contribution in [0.1, 0.15) is 29.8 Å². The summed E-state index contributed by atoms with van der Waals surface area (Å²) in [6, 6.07) is 4.86. The topological polar surface area (TPSA) is 43.8 Å². The first-order valence-electron chi connectivity index (χ1n) is 7.48. The van der Waals surface area contributed by atoms with Crippen molar-refractivity contribution in [3.63, 3.8) is 0 Å². The first-order valence-corrected chi connectivity index (χ1v) is 7.48.